The van der Waals surface area contributed by atoms with Crippen molar-refractivity contribution < 1.29 is 4.79 Å². The highest BCUT2D eigenvalue weighted by Crippen LogP contribution is 2.24. The molecule has 8 heteroatoms. The lowest BCUT2D eigenvalue weighted by atomic mass is 10.2. The molecule has 0 saturated carbocycles. The summed E-state index contributed by atoms with van der Waals surface area (Å²) in [5.41, 5.74) is 2.05. The smallest absolute Gasteiger partial charge is 0.235 e. The van der Waals surface area contributed by atoms with E-state index in [2.05, 4.69) is 20.5 Å². The van der Waals surface area contributed by atoms with Crippen LogP contribution in [0.15, 0.2) is 36.5 Å². The molecule has 1 aromatic carbocycles. The van der Waals surface area contributed by atoms with Gasteiger partial charge < -0.3 is 15.5 Å². The summed E-state index contributed by atoms with van der Waals surface area (Å²) in [6.07, 6.45) is 1.81. The maximum atomic E-state index is 12.1. The standard InChI is InChI=1S/C18H20Cl2N4OS/c19-14-2-1-13(16(20)9-14)11-26-12-18(25)23-17-4-3-15(10-22-17)24-7-5-21-6-8-24/h1-4,9-10,21H,5-8,11-12H2,(H,22,23,25). The number of aromatic nitrogens is 1. The van der Waals surface area contributed by atoms with E-state index in [1.807, 2.05) is 24.4 Å². The van der Waals surface area contributed by atoms with Gasteiger partial charge in [0.05, 0.1) is 17.6 Å². The highest BCUT2D eigenvalue weighted by Gasteiger charge is 2.11. The monoisotopic (exact) mass is 410 g/mol. The SMILES string of the molecule is O=C(CSCc1ccc(Cl)cc1Cl)Nc1ccc(N2CCNCC2)cn1. The number of carbonyl (C=O) groups is 1. The van der Waals surface area contributed by atoms with Crippen molar-refractivity contribution in [1.82, 2.24) is 10.3 Å². The Bertz CT molecular complexity index is 751. The predicted octanol–water partition coefficient (Wildman–Crippen LogP) is 3.67. The summed E-state index contributed by atoms with van der Waals surface area (Å²) in [6, 6.07) is 9.23. The van der Waals surface area contributed by atoms with Crippen LogP contribution in [0.2, 0.25) is 10.0 Å². The minimum absolute atomic E-state index is 0.0810. The third-order valence-corrected chi connectivity index (χ3v) is 5.57. The van der Waals surface area contributed by atoms with Crippen LogP contribution in [-0.2, 0) is 10.5 Å². The summed E-state index contributed by atoms with van der Waals surface area (Å²) in [4.78, 5) is 18.7. The fourth-order valence-corrected chi connectivity index (χ4v) is 4.03. The lowest BCUT2D eigenvalue weighted by Gasteiger charge is -2.29. The summed E-state index contributed by atoms with van der Waals surface area (Å²) >= 11 is 13.5. The molecule has 0 bridgehead atoms. The number of amides is 1. The lowest BCUT2D eigenvalue weighted by molar-refractivity contribution is -0.113. The first-order valence-corrected chi connectivity index (χ1v) is 10.3. The van der Waals surface area contributed by atoms with Crippen molar-refractivity contribution in [3.63, 3.8) is 0 Å². The molecule has 2 N–H and O–H groups in total. The average molecular weight is 411 g/mol. The number of hydrogen-bond donors (Lipinski definition) is 2. The molecule has 26 heavy (non-hydrogen) atoms. The molecule has 0 aliphatic carbocycles. The van der Waals surface area contributed by atoms with E-state index >= 15 is 0 Å². The Morgan fingerprint density at radius 3 is 2.73 bits per heavy atom. The van der Waals surface area contributed by atoms with Gasteiger partial charge in [-0.05, 0) is 29.8 Å². The van der Waals surface area contributed by atoms with Gasteiger partial charge in [-0.15, -0.1) is 11.8 Å². The van der Waals surface area contributed by atoms with Gasteiger partial charge in [0, 0.05) is 42.0 Å². The van der Waals surface area contributed by atoms with Gasteiger partial charge in [0.15, 0.2) is 0 Å². The molecule has 3 rings (SSSR count). The molecule has 1 fully saturated rings. The van der Waals surface area contributed by atoms with Gasteiger partial charge in [0.1, 0.15) is 5.82 Å². The number of rotatable bonds is 6. The molecule has 1 aromatic heterocycles. The Labute approximate surface area is 167 Å². The van der Waals surface area contributed by atoms with Crippen LogP contribution in [0.25, 0.3) is 0 Å². The Hall–Kier alpha value is -1.47. The zero-order valence-corrected chi connectivity index (χ0v) is 16.5. The van der Waals surface area contributed by atoms with Crippen molar-refractivity contribution in [1.29, 1.82) is 0 Å². The number of pyridine rings is 1. The third-order valence-electron chi connectivity index (χ3n) is 4.00. The van der Waals surface area contributed by atoms with E-state index in [0.717, 1.165) is 37.4 Å². The molecule has 1 aliphatic heterocycles. The van der Waals surface area contributed by atoms with E-state index in [1.54, 1.807) is 12.1 Å². The quantitative estimate of drug-likeness (QED) is 0.760. The fourth-order valence-electron chi connectivity index (χ4n) is 2.64. The van der Waals surface area contributed by atoms with Gasteiger partial charge in [-0.2, -0.15) is 0 Å². The number of nitrogens with zero attached hydrogens (tertiary/aromatic N) is 2. The van der Waals surface area contributed by atoms with Crippen LogP contribution in [0.4, 0.5) is 11.5 Å². The van der Waals surface area contributed by atoms with Crippen molar-refractivity contribution in [3.05, 3.63) is 52.1 Å². The lowest BCUT2D eigenvalue weighted by Crippen LogP contribution is -2.43. The van der Waals surface area contributed by atoms with E-state index < -0.39 is 0 Å². The molecule has 5 nitrogen and oxygen atoms in total. The van der Waals surface area contributed by atoms with Crippen molar-refractivity contribution in [3.8, 4) is 0 Å². The van der Waals surface area contributed by atoms with Crippen molar-refractivity contribution in [2.24, 2.45) is 0 Å². The summed E-state index contributed by atoms with van der Waals surface area (Å²) < 4.78 is 0. The summed E-state index contributed by atoms with van der Waals surface area (Å²) in [7, 11) is 0. The van der Waals surface area contributed by atoms with Gasteiger partial charge in [-0.1, -0.05) is 29.3 Å². The molecule has 1 saturated heterocycles. The zero-order valence-electron chi connectivity index (χ0n) is 14.2. The number of halogens is 2. The van der Waals surface area contributed by atoms with Crippen LogP contribution < -0.4 is 15.5 Å². The maximum Gasteiger partial charge on any atom is 0.235 e. The Kier molecular flexibility index (Phi) is 7.02. The Balaban J connectivity index is 1.45. The Morgan fingerprint density at radius 2 is 2.04 bits per heavy atom. The number of carbonyl (C=O) groups excluding carboxylic acids is 1. The molecule has 0 unspecified atom stereocenters. The minimum Gasteiger partial charge on any atom is -0.368 e. The summed E-state index contributed by atoms with van der Waals surface area (Å²) in [5.74, 6) is 1.47. The van der Waals surface area contributed by atoms with Gasteiger partial charge in [-0.25, -0.2) is 4.98 Å². The average Bonchev–Trinajstić information content (AvgIpc) is 2.65. The van der Waals surface area contributed by atoms with Gasteiger partial charge >= 0.3 is 0 Å². The van der Waals surface area contributed by atoms with Crippen molar-refractivity contribution >= 4 is 52.4 Å². The second-order valence-electron chi connectivity index (χ2n) is 5.92. The molecular weight excluding hydrogens is 391 g/mol. The highest BCUT2D eigenvalue weighted by atomic mass is 35.5. The topological polar surface area (TPSA) is 57.3 Å². The normalized spacial score (nSPS) is 14.3. The molecule has 0 atom stereocenters. The summed E-state index contributed by atoms with van der Waals surface area (Å²) in [6.45, 7) is 3.90. The largest absolute Gasteiger partial charge is 0.368 e. The van der Waals surface area contributed by atoms with E-state index in [4.69, 9.17) is 23.2 Å². The summed E-state index contributed by atoms with van der Waals surface area (Å²) in [5, 5.41) is 7.38. The minimum atomic E-state index is -0.0810. The second kappa shape index (κ2) is 9.46. The van der Waals surface area contributed by atoms with Gasteiger partial charge in [0.25, 0.3) is 0 Å². The van der Waals surface area contributed by atoms with Crippen LogP contribution in [0.5, 0.6) is 0 Å². The first-order chi connectivity index (χ1) is 12.6. The molecular formula is C18H20Cl2N4OS. The van der Waals surface area contributed by atoms with Crippen LogP contribution in [-0.4, -0.2) is 42.8 Å². The molecule has 1 amide bonds. The molecule has 2 heterocycles. The second-order valence-corrected chi connectivity index (χ2v) is 7.74. The van der Waals surface area contributed by atoms with E-state index in [9.17, 15) is 4.79 Å². The molecule has 2 aromatic rings. The van der Waals surface area contributed by atoms with Crippen LogP contribution in [0.1, 0.15) is 5.56 Å². The van der Waals surface area contributed by atoms with Crippen LogP contribution in [0.3, 0.4) is 0 Å². The molecule has 0 radical (unpaired) electrons. The maximum absolute atomic E-state index is 12.1. The number of piperazine rings is 1. The Morgan fingerprint density at radius 1 is 1.23 bits per heavy atom. The van der Waals surface area contributed by atoms with Crippen LogP contribution >= 0.6 is 35.0 Å². The predicted molar refractivity (Wildman–Crippen MR) is 111 cm³/mol. The number of hydrogen-bond acceptors (Lipinski definition) is 5. The first-order valence-electron chi connectivity index (χ1n) is 8.35. The molecule has 1 aliphatic rings. The van der Waals surface area contributed by atoms with Crippen molar-refractivity contribution in [2.45, 2.75) is 5.75 Å². The fraction of sp³-hybridized carbons (Fsp3) is 0.333. The highest BCUT2D eigenvalue weighted by molar-refractivity contribution is 7.99. The first kappa shape index (κ1) is 19.3. The number of nitrogens with one attached hydrogen (secondary N) is 2. The van der Waals surface area contributed by atoms with E-state index in [0.29, 0.717) is 27.4 Å². The van der Waals surface area contributed by atoms with E-state index in [1.165, 1.54) is 11.8 Å². The molecule has 138 valence electrons. The van der Waals surface area contributed by atoms with E-state index in [-0.39, 0.29) is 5.91 Å². The number of anilines is 2. The van der Waals surface area contributed by atoms with Gasteiger partial charge in [0.2, 0.25) is 5.91 Å². The van der Waals surface area contributed by atoms with Crippen molar-refractivity contribution in [2.75, 3.05) is 42.1 Å². The zero-order chi connectivity index (χ0) is 18.4. The molecule has 0 spiro atoms. The van der Waals surface area contributed by atoms with Crippen LogP contribution in [0, 0.1) is 0 Å². The number of thioether (sulfide) groups is 1. The number of benzene rings is 1. The van der Waals surface area contributed by atoms with Gasteiger partial charge in [-0.3, -0.25) is 4.79 Å². The third kappa shape index (κ3) is 5.51.